The van der Waals surface area contributed by atoms with Crippen molar-refractivity contribution in [2.75, 3.05) is 26.2 Å². The average Bonchev–Trinajstić information content (AvgIpc) is 3.17. The van der Waals surface area contributed by atoms with Crippen LogP contribution in [0.25, 0.3) is 16.6 Å². The molecular formula is C28H39N3O. The van der Waals surface area contributed by atoms with Gasteiger partial charge < -0.3 is 9.47 Å². The fourth-order valence-electron chi connectivity index (χ4n) is 6.61. The first-order valence-corrected chi connectivity index (χ1v) is 13.0. The molecule has 0 aliphatic carbocycles. The van der Waals surface area contributed by atoms with Crippen molar-refractivity contribution in [2.45, 2.75) is 78.2 Å². The molecule has 32 heavy (non-hydrogen) atoms. The Hall–Kier alpha value is -2.07. The van der Waals surface area contributed by atoms with Gasteiger partial charge in [0.25, 0.3) is 5.91 Å². The summed E-state index contributed by atoms with van der Waals surface area (Å²) in [6.45, 7) is 10.8. The first-order valence-electron chi connectivity index (χ1n) is 13.0. The van der Waals surface area contributed by atoms with Gasteiger partial charge in [0.1, 0.15) is 5.70 Å². The van der Waals surface area contributed by atoms with Crippen LogP contribution in [0.1, 0.15) is 83.0 Å². The van der Waals surface area contributed by atoms with Crippen molar-refractivity contribution in [1.29, 1.82) is 0 Å². The standard InChI is InChI=1S/C28H39N3O/c1-4-7-16-30(17-8-5-2)27(32)24-20-28(6-3)15-11-18-29-19-14-22-21-12-9-10-13-23(21)31(24)25(22)26(28)29/h9-10,12-13,20,26H,4-8,11,14-19H2,1-3H3/t26-,28+/m1/s1. The third-order valence-electron chi connectivity index (χ3n) is 8.32. The number of unbranched alkanes of at least 4 members (excludes halogenated alkanes) is 2. The minimum atomic E-state index is 0.0734. The molecule has 1 aromatic carbocycles. The second kappa shape index (κ2) is 8.70. The maximum atomic E-state index is 14.2. The molecule has 172 valence electrons. The Labute approximate surface area is 193 Å². The number of amides is 1. The molecule has 0 saturated carbocycles. The van der Waals surface area contributed by atoms with Crippen molar-refractivity contribution >= 4 is 22.5 Å². The quantitative estimate of drug-likeness (QED) is 0.510. The zero-order valence-electron chi connectivity index (χ0n) is 20.2. The summed E-state index contributed by atoms with van der Waals surface area (Å²) < 4.78 is 2.38. The van der Waals surface area contributed by atoms with Crippen LogP contribution in [0.4, 0.5) is 0 Å². The lowest BCUT2D eigenvalue weighted by Gasteiger charge is -2.53. The van der Waals surface area contributed by atoms with Gasteiger partial charge in [0.15, 0.2) is 0 Å². The number of hydrogen-bond acceptors (Lipinski definition) is 2. The summed E-state index contributed by atoms with van der Waals surface area (Å²) in [4.78, 5) is 19.0. The number of hydrogen-bond donors (Lipinski definition) is 0. The molecule has 1 fully saturated rings. The van der Waals surface area contributed by atoms with Crippen molar-refractivity contribution in [3.8, 4) is 0 Å². The highest BCUT2D eigenvalue weighted by atomic mass is 16.2. The number of carbonyl (C=O) groups excluding carboxylic acids is 1. The van der Waals surface area contributed by atoms with E-state index in [0.29, 0.717) is 6.04 Å². The van der Waals surface area contributed by atoms with Crippen LogP contribution in [0.5, 0.6) is 0 Å². The molecular weight excluding hydrogens is 394 g/mol. The lowest BCUT2D eigenvalue weighted by molar-refractivity contribution is -0.125. The van der Waals surface area contributed by atoms with Crippen molar-refractivity contribution in [2.24, 2.45) is 5.41 Å². The van der Waals surface area contributed by atoms with Gasteiger partial charge in [0.05, 0.1) is 11.6 Å². The van der Waals surface area contributed by atoms with Gasteiger partial charge in [-0.15, -0.1) is 0 Å². The fraction of sp³-hybridized carbons (Fsp3) is 0.607. The molecule has 5 rings (SSSR count). The van der Waals surface area contributed by atoms with Gasteiger partial charge in [-0.3, -0.25) is 9.69 Å². The highest BCUT2D eigenvalue weighted by molar-refractivity contribution is 6.16. The lowest BCUT2D eigenvalue weighted by atomic mass is 9.66. The number of nitrogens with zero attached hydrogens (tertiary/aromatic N) is 3. The van der Waals surface area contributed by atoms with E-state index in [9.17, 15) is 4.79 Å². The third-order valence-corrected chi connectivity index (χ3v) is 8.32. The van der Waals surface area contributed by atoms with Crippen LogP contribution in [-0.2, 0) is 11.2 Å². The zero-order valence-corrected chi connectivity index (χ0v) is 20.2. The van der Waals surface area contributed by atoms with Crippen molar-refractivity contribution in [3.05, 3.63) is 41.6 Å². The minimum Gasteiger partial charge on any atom is -0.337 e. The maximum absolute atomic E-state index is 14.2. The first-order chi connectivity index (χ1) is 15.6. The fourth-order valence-corrected chi connectivity index (χ4v) is 6.61. The number of aromatic nitrogens is 1. The molecule has 0 bridgehead atoms. The summed E-state index contributed by atoms with van der Waals surface area (Å²) in [5.41, 5.74) is 5.14. The second-order valence-corrected chi connectivity index (χ2v) is 10.1. The average molecular weight is 434 g/mol. The molecule has 0 spiro atoms. The molecule has 3 aliphatic rings. The first kappa shape index (κ1) is 21.8. The lowest BCUT2D eigenvalue weighted by Crippen LogP contribution is -2.51. The number of benzene rings is 1. The van der Waals surface area contributed by atoms with Gasteiger partial charge in [-0.05, 0) is 62.8 Å². The number of fused-ring (bicyclic) bond motifs is 3. The molecule has 0 radical (unpaired) electrons. The van der Waals surface area contributed by atoms with Crippen LogP contribution in [0.3, 0.4) is 0 Å². The van der Waals surface area contributed by atoms with E-state index in [1.165, 1.54) is 41.5 Å². The summed E-state index contributed by atoms with van der Waals surface area (Å²) in [5, 5.41) is 1.35. The Morgan fingerprint density at radius 1 is 1.09 bits per heavy atom. The molecule has 1 saturated heterocycles. The van der Waals surface area contributed by atoms with Crippen LogP contribution in [0.15, 0.2) is 30.3 Å². The van der Waals surface area contributed by atoms with E-state index >= 15 is 0 Å². The van der Waals surface area contributed by atoms with Gasteiger partial charge in [0.2, 0.25) is 0 Å². The van der Waals surface area contributed by atoms with Crippen LogP contribution in [0, 0.1) is 5.41 Å². The van der Waals surface area contributed by atoms with E-state index in [0.717, 1.165) is 63.9 Å². The normalized spacial score (nSPS) is 24.3. The van der Waals surface area contributed by atoms with Crippen LogP contribution >= 0.6 is 0 Å². The Morgan fingerprint density at radius 3 is 2.56 bits per heavy atom. The SMILES string of the molecule is CCCCN(CCCC)C(=O)C1=C[C@]2(CC)CCCN3CCc4c(n1c1ccccc41)[C@@H]32. The zero-order chi connectivity index (χ0) is 22.3. The molecule has 2 aromatic rings. The molecule has 0 unspecified atom stereocenters. The topological polar surface area (TPSA) is 28.5 Å². The van der Waals surface area contributed by atoms with Gasteiger partial charge >= 0.3 is 0 Å². The number of rotatable bonds is 8. The van der Waals surface area contributed by atoms with Crippen molar-refractivity contribution in [3.63, 3.8) is 0 Å². The Kier molecular flexibility index (Phi) is 5.92. The molecule has 4 nitrogen and oxygen atoms in total. The summed E-state index contributed by atoms with van der Waals surface area (Å²) in [6.07, 6.45) is 11.4. The maximum Gasteiger partial charge on any atom is 0.270 e. The number of para-hydroxylation sites is 1. The molecule has 1 amide bonds. The van der Waals surface area contributed by atoms with Crippen molar-refractivity contribution in [1.82, 2.24) is 14.4 Å². The van der Waals surface area contributed by atoms with Gasteiger partial charge in [0, 0.05) is 36.1 Å². The predicted molar refractivity (Wildman–Crippen MR) is 133 cm³/mol. The Bertz CT molecular complexity index is 1030. The summed E-state index contributed by atoms with van der Waals surface area (Å²) in [5.74, 6) is 0.240. The van der Waals surface area contributed by atoms with Crippen LogP contribution < -0.4 is 0 Å². The van der Waals surface area contributed by atoms with E-state index in [1.54, 1.807) is 0 Å². The van der Waals surface area contributed by atoms with E-state index in [4.69, 9.17) is 0 Å². The molecule has 4 heteroatoms. The molecule has 3 aliphatic heterocycles. The van der Waals surface area contributed by atoms with Crippen molar-refractivity contribution < 1.29 is 4.79 Å². The second-order valence-electron chi connectivity index (χ2n) is 10.1. The molecule has 4 heterocycles. The summed E-state index contributed by atoms with van der Waals surface area (Å²) in [6, 6.07) is 9.20. The van der Waals surface area contributed by atoms with Crippen LogP contribution in [0.2, 0.25) is 0 Å². The monoisotopic (exact) mass is 433 g/mol. The van der Waals surface area contributed by atoms with Gasteiger partial charge in [-0.2, -0.15) is 0 Å². The van der Waals surface area contributed by atoms with Gasteiger partial charge in [-0.1, -0.05) is 51.8 Å². The molecule has 0 N–H and O–H groups in total. The highest BCUT2D eigenvalue weighted by Gasteiger charge is 2.51. The van der Waals surface area contributed by atoms with E-state index in [-0.39, 0.29) is 11.3 Å². The molecule has 1 aromatic heterocycles. The Morgan fingerprint density at radius 2 is 1.84 bits per heavy atom. The van der Waals surface area contributed by atoms with E-state index < -0.39 is 0 Å². The number of carbonyl (C=O) groups is 1. The smallest absolute Gasteiger partial charge is 0.270 e. The largest absolute Gasteiger partial charge is 0.337 e. The van der Waals surface area contributed by atoms with Crippen LogP contribution in [-0.4, -0.2) is 46.5 Å². The Balaban J connectivity index is 1.70. The van der Waals surface area contributed by atoms with E-state index in [2.05, 4.69) is 65.5 Å². The molecule has 2 atom stereocenters. The van der Waals surface area contributed by atoms with Gasteiger partial charge in [-0.25, -0.2) is 0 Å². The number of piperidine rings is 1. The predicted octanol–water partition coefficient (Wildman–Crippen LogP) is 6.01. The third kappa shape index (κ3) is 3.25. The highest BCUT2D eigenvalue weighted by Crippen LogP contribution is 2.57. The summed E-state index contributed by atoms with van der Waals surface area (Å²) >= 11 is 0. The summed E-state index contributed by atoms with van der Waals surface area (Å²) in [7, 11) is 0. The van der Waals surface area contributed by atoms with E-state index in [1.807, 2.05) is 0 Å². The minimum absolute atomic E-state index is 0.0734.